The summed E-state index contributed by atoms with van der Waals surface area (Å²) in [4.78, 5) is 12.3. The number of ether oxygens (including phenoxy) is 1. The first kappa shape index (κ1) is 16.4. The Morgan fingerprint density at radius 1 is 1.35 bits per heavy atom. The summed E-state index contributed by atoms with van der Waals surface area (Å²) in [5, 5.41) is 21.5. The molecule has 1 amide bonds. The molecule has 1 saturated heterocycles. The SMILES string of the molecule is CC(C)(O)c1cn([C@@H]2CCCC[C@@H]2NC(=O)[C@H]2CCCO2)nn1. The topological polar surface area (TPSA) is 89.3 Å². The fourth-order valence-electron chi connectivity index (χ4n) is 3.38. The first-order valence-electron chi connectivity index (χ1n) is 8.52. The molecule has 0 bridgehead atoms. The number of amides is 1. The zero-order chi connectivity index (χ0) is 16.4. The summed E-state index contributed by atoms with van der Waals surface area (Å²) in [5.41, 5.74) is -0.462. The Morgan fingerprint density at radius 2 is 2.13 bits per heavy atom. The van der Waals surface area contributed by atoms with Crippen LogP contribution in [0.25, 0.3) is 0 Å². The Kier molecular flexibility index (Phi) is 4.68. The quantitative estimate of drug-likeness (QED) is 0.872. The Morgan fingerprint density at radius 3 is 2.78 bits per heavy atom. The second-order valence-electron chi connectivity index (χ2n) is 7.11. The number of carbonyl (C=O) groups is 1. The molecule has 1 saturated carbocycles. The number of hydrogen-bond donors (Lipinski definition) is 2. The van der Waals surface area contributed by atoms with Crippen LogP contribution in [0.15, 0.2) is 6.20 Å². The number of hydrogen-bond acceptors (Lipinski definition) is 5. The van der Waals surface area contributed by atoms with Crippen LogP contribution < -0.4 is 5.32 Å². The maximum absolute atomic E-state index is 12.3. The van der Waals surface area contributed by atoms with E-state index in [1.165, 1.54) is 0 Å². The fraction of sp³-hybridized carbons (Fsp3) is 0.812. The molecule has 0 spiro atoms. The van der Waals surface area contributed by atoms with E-state index in [4.69, 9.17) is 4.74 Å². The predicted octanol–water partition coefficient (Wildman–Crippen LogP) is 1.28. The Hall–Kier alpha value is -1.47. The summed E-state index contributed by atoms with van der Waals surface area (Å²) in [7, 11) is 0. The fourth-order valence-corrected chi connectivity index (χ4v) is 3.38. The molecule has 1 aliphatic carbocycles. The molecule has 2 aliphatic rings. The molecule has 7 nitrogen and oxygen atoms in total. The monoisotopic (exact) mass is 322 g/mol. The van der Waals surface area contributed by atoms with Crippen molar-refractivity contribution in [3.63, 3.8) is 0 Å². The van der Waals surface area contributed by atoms with Gasteiger partial charge in [0.05, 0.1) is 18.3 Å². The van der Waals surface area contributed by atoms with Gasteiger partial charge < -0.3 is 15.2 Å². The summed E-state index contributed by atoms with van der Waals surface area (Å²) in [5.74, 6) is -0.0118. The number of nitrogens with zero attached hydrogens (tertiary/aromatic N) is 3. The van der Waals surface area contributed by atoms with Gasteiger partial charge in [0.25, 0.3) is 0 Å². The molecule has 0 aromatic carbocycles. The average Bonchev–Trinajstić information content (AvgIpc) is 3.19. The highest BCUT2D eigenvalue weighted by Crippen LogP contribution is 2.29. The van der Waals surface area contributed by atoms with Crippen molar-refractivity contribution in [2.45, 2.75) is 76.2 Å². The van der Waals surface area contributed by atoms with Crippen LogP contribution in [-0.4, -0.2) is 44.8 Å². The summed E-state index contributed by atoms with van der Waals surface area (Å²) in [6.45, 7) is 4.06. The zero-order valence-corrected chi connectivity index (χ0v) is 13.9. The molecule has 23 heavy (non-hydrogen) atoms. The van der Waals surface area contributed by atoms with Crippen LogP contribution >= 0.6 is 0 Å². The third-order valence-electron chi connectivity index (χ3n) is 4.76. The van der Waals surface area contributed by atoms with Crippen molar-refractivity contribution in [3.05, 3.63) is 11.9 Å². The largest absolute Gasteiger partial charge is 0.384 e. The van der Waals surface area contributed by atoms with E-state index in [-0.39, 0.29) is 24.1 Å². The second-order valence-corrected chi connectivity index (χ2v) is 7.11. The van der Waals surface area contributed by atoms with E-state index in [9.17, 15) is 9.90 Å². The molecule has 2 heterocycles. The number of aliphatic hydroxyl groups is 1. The molecule has 1 aromatic heterocycles. The van der Waals surface area contributed by atoms with Crippen LogP contribution in [-0.2, 0) is 15.1 Å². The van der Waals surface area contributed by atoms with E-state index in [1.54, 1.807) is 24.7 Å². The average molecular weight is 322 g/mol. The minimum Gasteiger partial charge on any atom is -0.384 e. The van der Waals surface area contributed by atoms with Crippen LogP contribution in [0.2, 0.25) is 0 Å². The van der Waals surface area contributed by atoms with Crippen molar-refractivity contribution in [1.29, 1.82) is 0 Å². The second kappa shape index (κ2) is 6.57. The smallest absolute Gasteiger partial charge is 0.249 e. The van der Waals surface area contributed by atoms with Crippen molar-refractivity contribution in [1.82, 2.24) is 20.3 Å². The maximum Gasteiger partial charge on any atom is 0.249 e. The highest BCUT2D eigenvalue weighted by molar-refractivity contribution is 5.81. The number of nitrogens with one attached hydrogen (secondary N) is 1. The van der Waals surface area contributed by atoms with Gasteiger partial charge in [-0.15, -0.1) is 5.10 Å². The van der Waals surface area contributed by atoms with Crippen LogP contribution in [0.3, 0.4) is 0 Å². The highest BCUT2D eigenvalue weighted by atomic mass is 16.5. The first-order chi connectivity index (χ1) is 10.9. The van der Waals surface area contributed by atoms with Gasteiger partial charge in [0.2, 0.25) is 5.91 Å². The lowest BCUT2D eigenvalue weighted by molar-refractivity contribution is -0.131. The van der Waals surface area contributed by atoms with Gasteiger partial charge in [-0.2, -0.15) is 0 Å². The van der Waals surface area contributed by atoms with Gasteiger partial charge in [-0.3, -0.25) is 4.79 Å². The molecule has 0 unspecified atom stereocenters. The molecule has 3 rings (SSSR count). The van der Waals surface area contributed by atoms with Gasteiger partial charge in [0, 0.05) is 6.61 Å². The van der Waals surface area contributed by atoms with Gasteiger partial charge in [-0.25, -0.2) is 4.68 Å². The normalized spacial score (nSPS) is 28.7. The van der Waals surface area contributed by atoms with Crippen LogP contribution in [0.5, 0.6) is 0 Å². The maximum atomic E-state index is 12.3. The summed E-state index contributed by atoms with van der Waals surface area (Å²) in [6.07, 6.45) is 7.32. The van der Waals surface area contributed by atoms with Gasteiger partial charge >= 0.3 is 0 Å². The van der Waals surface area contributed by atoms with Crippen molar-refractivity contribution in [3.8, 4) is 0 Å². The van der Waals surface area contributed by atoms with Gasteiger partial charge in [-0.05, 0) is 39.5 Å². The lowest BCUT2D eigenvalue weighted by Crippen LogP contribution is -2.46. The molecule has 2 fully saturated rings. The molecule has 128 valence electrons. The minimum atomic E-state index is -1.01. The highest BCUT2D eigenvalue weighted by Gasteiger charge is 2.33. The van der Waals surface area contributed by atoms with Crippen molar-refractivity contribution >= 4 is 5.91 Å². The predicted molar refractivity (Wildman–Crippen MR) is 83.7 cm³/mol. The lowest BCUT2D eigenvalue weighted by Gasteiger charge is -2.32. The molecular formula is C16H26N4O3. The van der Waals surface area contributed by atoms with Crippen LogP contribution in [0.1, 0.15) is 64.1 Å². The standard InChI is InChI=1S/C16H26N4O3/c1-16(2,22)14-10-20(19-18-14)12-7-4-3-6-11(12)17-15(21)13-8-5-9-23-13/h10-13,22H,3-9H2,1-2H3,(H,17,21)/t11-,12+,13+/m0/s1. The van der Waals surface area contributed by atoms with Crippen molar-refractivity contribution < 1.29 is 14.6 Å². The van der Waals surface area contributed by atoms with E-state index in [1.807, 2.05) is 0 Å². The Labute approximate surface area is 136 Å². The van der Waals surface area contributed by atoms with Gasteiger partial charge in [0.1, 0.15) is 17.4 Å². The number of rotatable bonds is 4. The minimum absolute atomic E-state index is 0.0118. The number of carbonyl (C=O) groups excluding carboxylic acids is 1. The third-order valence-corrected chi connectivity index (χ3v) is 4.76. The van der Waals surface area contributed by atoms with E-state index in [2.05, 4.69) is 15.6 Å². The first-order valence-corrected chi connectivity index (χ1v) is 8.52. The van der Waals surface area contributed by atoms with E-state index in [0.29, 0.717) is 12.3 Å². The van der Waals surface area contributed by atoms with Gasteiger partial charge in [-0.1, -0.05) is 18.1 Å². The lowest BCUT2D eigenvalue weighted by atomic mass is 9.90. The molecule has 1 aromatic rings. The summed E-state index contributed by atoms with van der Waals surface area (Å²) >= 11 is 0. The van der Waals surface area contributed by atoms with Crippen LogP contribution in [0, 0.1) is 0 Å². The molecule has 7 heteroatoms. The summed E-state index contributed by atoms with van der Waals surface area (Å²) in [6, 6.07) is 0.120. The molecule has 1 aliphatic heterocycles. The van der Waals surface area contributed by atoms with E-state index >= 15 is 0 Å². The third kappa shape index (κ3) is 3.72. The molecule has 2 N–H and O–H groups in total. The molecule has 0 radical (unpaired) electrons. The van der Waals surface area contributed by atoms with E-state index < -0.39 is 5.60 Å². The number of aromatic nitrogens is 3. The van der Waals surface area contributed by atoms with Crippen molar-refractivity contribution in [2.75, 3.05) is 6.61 Å². The Bertz CT molecular complexity index is 546. The van der Waals surface area contributed by atoms with Crippen molar-refractivity contribution in [2.24, 2.45) is 0 Å². The molecular weight excluding hydrogens is 296 g/mol. The van der Waals surface area contributed by atoms with Gasteiger partial charge in [0.15, 0.2) is 0 Å². The van der Waals surface area contributed by atoms with E-state index in [0.717, 1.165) is 38.5 Å². The Balaban J connectivity index is 1.71. The van der Waals surface area contributed by atoms with Crippen LogP contribution in [0.4, 0.5) is 0 Å². The summed E-state index contributed by atoms with van der Waals surface area (Å²) < 4.78 is 7.26. The zero-order valence-electron chi connectivity index (χ0n) is 13.9. The molecule has 3 atom stereocenters.